The minimum absolute atomic E-state index is 0.000263. The zero-order valence-electron chi connectivity index (χ0n) is 14.0. The number of amides is 1. The van der Waals surface area contributed by atoms with Gasteiger partial charge in [0.1, 0.15) is 6.10 Å². The molecule has 1 aliphatic rings. The van der Waals surface area contributed by atoms with Gasteiger partial charge in [0.05, 0.1) is 17.4 Å². The first-order valence-electron chi connectivity index (χ1n) is 8.21. The molecular weight excluding hydrogens is 322 g/mol. The number of hydrogen-bond donors (Lipinski definition) is 1. The van der Waals surface area contributed by atoms with E-state index in [1.54, 1.807) is 18.0 Å². The van der Waals surface area contributed by atoms with Crippen molar-refractivity contribution in [3.05, 3.63) is 48.3 Å². The molecule has 1 amide bonds. The van der Waals surface area contributed by atoms with E-state index in [2.05, 4.69) is 10.4 Å². The van der Waals surface area contributed by atoms with Crippen LogP contribution >= 0.6 is 11.8 Å². The summed E-state index contributed by atoms with van der Waals surface area (Å²) in [5.74, 6) is 0.919. The van der Waals surface area contributed by atoms with E-state index < -0.39 is 0 Å². The fraction of sp³-hybridized carbons (Fsp3) is 0.444. The molecule has 6 heteroatoms. The predicted molar refractivity (Wildman–Crippen MR) is 96.4 cm³/mol. The molecule has 1 aromatic carbocycles. The number of para-hydroxylation sites is 1. The highest BCUT2D eigenvalue weighted by Crippen LogP contribution is 2.30. The van der Waals surface area contributed by atoms with Crippen molar-refractivity contribution in [2.45, 2.75) is 25.5 Å². The van der Waals surface area contributed by atoms with Crippen molar-refractivity contribution in [3.63, 3.8) is 0 Å². The highest BCUT2D eigenvalue weighted by molar-refractivity contribution is 7.98. The Morgan fingerprint density at radius 2 is 2.21 bits per heavy atom. The second kappa shape index (κ2) is 7.85. The first kappa shape index (κ1) is 17.0. The van der Waals surface area contributed by atoms with Crippen molar-refractivity contribution in [2.75, 3.05) is 18.6 Å². The number of rotatable bonds is 6. The van der Waals surface area contributed by atoms with Crippen LogP contribution in [0, 0.1) is 5.92 Å². The molecule has 1 N–H and O–H groups in total. The van der Waals surface area contributed by atoms with Gasteiger partial charge in [0.25, 0.3) is 0 Å². The molecule has 24 heavy (non-hydrogen) atoms. The summed E-state index contributed by atoms with van der Waals surface area (Å²) in [5, 5.41) is 7.59. The van der Waals surface area contributed by atoms with Gasteiger partial charge in [-0.25, -0.2) is 4.68 Å². The number of ether oxygens (including phenoxy) is 1. The average Bonchev–Trinajstić information content (AvgIpc) is 3.24. The lowest BCUT2D eigenvalue weighted by atomic mass is 10.1. The molecule has 3 rings (SSSR count). The molecule has 0 bridgehead atoms. The first-order chi connectivity index (χ1) is 11.7. The van der Waals surface area contributed by atoms with E-state index in [1.807, 2.05) is 54.3 Å². The molecule has 1 saturated heterocycles. The van der Waals surface area contributed by atoms with Crippen LogP contribution in [0.1, 0.15) is 25.1 Å². The SMILES string of the molecule is CSCC(C)C(=O)N[C@@H]1CCO[C@H]1c1ccnn1-c1ccccc1. The first-order valence-corrected chi connectivity index (χ1v) is 9.60. The lowest BCUT2D eigenvalue weighted by Crippen LogP contribution is -2.40. The Balaban J connectivity index is 1.77. The van der Waals surface area contributed by atoms with Crippen LogP contribution in [0.5, 0.6) is 0 Å². The third kappa shape index (κ3) is 3.65. The number of carbonyl (C=O) groups excluding carboxylic acids is 1. The van der Waals surface area contributed by atoms with Gasteiger partial charge in [-0.2, -0.15) is 16.9 Å². The summed E-state index contributed by atoms with van der Waals surface area (Å²) in [6, 6.07) is 11.9. The fourth-order valence-corrected chi connectivity index (χ4v) is 3.64. The Hall–Kier alpha value is -1.79. The van der Waals surface area contributed by atoms with Crippen LogP contribution in [0.15, 0.2) is 42.6 Å². The number of carbonyl (C=O) groups is 1. The Labute approximate surface area is 146 Å². The molecule has 1 aliphatic heterocycles. The number of nitrogens with one attached hydrogen (secondary N) is 1. The maximum atomic E-state index is 12.4. The number of benzene rings is 1. The monoisotopic (exact) mass is 345 g/mol. The van der Waals surface area contributed by atoms with Crippen LogP contribution < -0.4 is 5.32 Å². The van der Waals surface area contributed by atoms with E-state index in [0.29, 0.717) is 6.61 Å². The van der Waals surface area contributed by atoms with Crippen LogP contribution in [0.4, 0.5) is 0 Å². The molecular formula is C18H23N3O2S. The van der Waals surface area contributed by atoms with Crippen molar-refractivity contribution in [1.29, 1.82) is 0 Å². The van der Waals surface area contributed by atoms with Gasteiger partial charge in [0, 0.05) is 24.5 Å². The number of thioether (sulfide) groups is 1. The molecule has 2 heterocycles. The molecule has 0 radical (unpaired) electrons. The number of nitrogens with zero attached hydrogens (tertiary/aromatic N) is 2. The van der Waals surface area contributed by atoms with Crippen LogP contribution in [0.2, 0.25) is 0 Å². The van der Waals surface area contributed by atoms with Gasteiger partial charge in [0.2, 0.25) is 5.91 Å². The maximum absolute atomic E-state index is 12.4. The van der Waals surface area contributed by atoms with Crippen LogP contribution in [-0.2, 0) is 9.53 Å². The Morgan fingerprint density at radius 3 is 2.96 bits per heavy atom. The summed E-state index contributed by atoms with van der Waals surface area (Å²) in [5.41, 5.74) is 1.97. The Morgan fingerprint density at radius 1 is 1.42 bits per heavy atom. The average molecular weight is 345 g/mol. The molecule has 0 saturated carbocycles. The van der Waals surface area contributed by atoms with Gasteiger partial charge < -0.3 is 10.1 Å². The van der Waals surface area contributed by atoms with Crippen LogP contribution in [-0.4, -0.2) is 40.3 Å². The summed E-state index contributed by atoms with van der Waals surface area (Å²) >= 11 is 1.69. The topological polar surface area (TPSA) is 56.1 Å². The van der Waals surface area contributed by atoms with Gasteiger partial charge in [0.15, 0.2) is 0 Å². The normalized spacial score (nSPS) is 21.6. The summed E-state index contributed by atoms with van der Waals surface area (Å²) in [6.07, 6.45) is 4.45. The molecule has 0 spiro atoms. The van der Waals surface area contributed by atoms with E-state index in [1.165, 1.54) is 0 Å². The van der Waals surface area contributed by atoms with Gasteiger partial charge in [-0.05, 0) is 30.9 Å². The van der Waals surface area contributed by atoms with Gasteiger partial charge in [-0.1, -0.05) is 25.1 Å². The fourth-order valence-electron chi connectivity index (χ4n) is 2.99. The molecule has 2 aromatic rings. The van der Waals surface area contributed by atoms with E-state index in [9.17, 15) is 4.79 Å². The Kier molecular flexibility index (Phi) is 5.58. The summed E-state index contributed by atoms with van der Waals surface area (Å²) in [7, 11) is 0. The highest BCUT2D eigenvalue weighted by Gasteiger charge is 2.34. The quantitative estimate of drug-likeness (QED) is 0.875. The second-order valence-corrected chi connectivity index (χ2v) is 6.97. The molecule has 3 atom stereocenters. The molecule has 128 valence electrons. The summed E-state index contributed by atoms with van der Waals surface area (Å²) < 4.78 is 7.82. The zero-order valence-corrected chi connectivity index (χ0v) is 14.8. The van der Waals surface area contributed by atoms with E-state index in [4.69, 9.17) is 4.74 Å². The maximum Gasteiger partial charge on any atom is 0.223 e. The standard InChI is InChI=1S/C18H23N3O2S/c1-13(12-24-2)18(22)20-15-9-11-23-17(15)16-8-10-19-21(16)14-6-4-3-5-7-14/h3-8,10,13,15,17H,9,11-12H2,1-2H3,(H,20,22)/t13?,15-,17-/m1/s1. The Bertz CT molecular complexity index is 674. The van der Waals surface area contributed by atoms with Gasteiger partial charge in [-0.15, -0.1) is 0 Å². The molecule has 1 fully saturated rings. The molecule has 5 nitrogen and oxygen atoms in total. The third-order valence-electron chi connectivity index (χ3n) is 4.25. The van der Waals surface area contributed by atoms with Crippen molar-refractivity contribution >= 4 is 17.7 Å². The van der Waals surface area contributed by atoms with Gasteiger partial charge >= 0.3 is 0 Å². The van der Waals surface area contributed by atoms with E-state index in [0.717, 1.165) is 23.6 Å². The smallest absolute Gasteiger partial charge is 0.223 e. The van der Waals surface area contributed by atoms with Crippen molar-refractivity contribution in [3.8, 4) is 5.69 Å². The number of hydrogen-bond acceptors (Lipinski definition) is 4. The second-order valence-electron chi connectivity index (χ2n) is 6.05. The van der Waals surface area contributed by atoms with Crippen molar-refractivity contribution in [2.24, 2.45) is 5.92 Å². The predicted octanol–water partition coefficient (Wildman–Crippen LogP) is 2.82. The van der Waals surface area contributed by atoms with Crippen molar-refractivity contribution in [1.82, 2.24) is 15.1 Å². The summed E-state index contributed by atoms with van der Waals surface area (Å²) in [6.45, 7) is 2.61. The lowest BCUT2D eigenvalue weighted by molar-refractivity contribution is -0.125. The highest BCUT2D eigenvalue weighted by atomic mass is 32.2. The molecule has 1 unspecified atom stereocenters. The van der Waals surface area contributed by atoms with E-state index in [-0.39, 0.29) is 24.0 Å². The summed E-state index contributed by atoms with van der Waals surface area (Å²) in [4.78, 5) is 12.4. The lowest BCUT2D eigenvalue weighted by Gasteiger charge is -2.22. The third-order valence-corrected chi connectivity index (χ3v) is 5.08. The van der Waals surface area contributed by atoms with E-state index >= 15 is 0 Å². The van der Waals surface area contributed by atoms with Crippen LogP contribution in [0.25, 0.3) is 5.69 Å². The minimum atomic E-state index is -0.168. The largest absolute Gasteiger partial charge is 0.370 e. The molecule has 1 aromatic heterocycles. The van der Waals surface area contributed by atoms with Gasteiger partial charge in [-0.3, -0.25) is 4.79 Å². The zero-order chi connectivity index (χ0) is 16.9. The minimum Gasteiger partial charge on any atom is -0.370 e. The van der Waals surface area contributed by atoms with Crippen molar-refractivity contribution < 1.29 is 9.53 Å². The van der Waals surface area contributed by atoms with Crippen LogP contribution in [0.3, 0.4) is 0 Å². The number of aromatic nitrogens is 2. The molecule has 0 aliphatic carbocycles.